The van der Waals surface area contributed by atoms with Gasteiger partial charge in [-0.3, -0.25) is 9.59 Å². The maximum atomic E-state index is 12.8. The van der Waals surface area contributed by atoms with E-state index < -0.39 is 10.0 Å². The summed E-state index contributed by atoms with van der Waals surface area (Å²) in [5.41, 5.74) is 0.953. The number of amides is 2. The molecule has 3 rings (SSSR count). The Bertz CT molecular complexity index is 1060. The van der Waals surface area contributed by atoms with Crippen LogP contribution in [0.2, 0.25) is 0 Å². The van der Waals surface area contributed by atoms with Gasteiger partial charge in [-0.15, -0.1) is 0 Å². The van der Waals surface area contributed by atoms with E-state index in [0.717, 1.165) is 11.3 Å². The molecule has 2 amide bonds. The molecule has 9 nitrogen and oxygen atoms in total. The fourth-order valence-corrected chi connectivity index (χ4v) is 5.20. The third-order valence-corrected chi connectivity index (χ3v) is 7.73. The number of benzene rings is 2. The number of carbonyl (C=O) groups excluding carboxylic acids is 2. The molecule has 2 aromatic rings. The molecule has 1 saturated heterocycles. The lowest BCUT2D eigenvalue weighted by Gasteiger charge is -2.30. The quantitative estimate of drug-likeness (QED) is 0.527. The molecule has 0 bridgehead atoms. The highest BCUT2D eigenvalue weighted by Crippen LogP contribution is 2.25. The van der Waals surface area contributed by atoms with Gasteiger partial charge in [0.15, 0.2) is 0 Å². The van der Waals surface area contributed by atoms with Crippen LogP contribution < -0.4 is 20.1 Å². The summed E-state index contributed by atoms with van der Waals surface area (Å²) in [6, 6.07) is 13.7. The number of piperidine rings is 1. The maximum Gasteiger partial charge on any atom is 0.243 e. The lowest BCUT2D eigenvalue weighted by molar-refractivity contribution is -0.126. The van der Waals surface area contributed by atoms with Crippen molar-refractivity contribution in [2.45, 2.75) is 30.7 Å². The Hall–Kier alpha value is -3.11. The number of hydrogen-bond acceptors (Lipinski definition) is 6. The van der Waals surface area contributed by atoms with Gasteiger partial charge in [0.2, 0.25) is 21.8 Å². The van der Waals surface area contributed by atoms with Crippen molar-refractivity contribution in [1.82, 2.24) is 14.9 Å². The van der Waals surface area contributed by atoms with Gasteiger partial charge in [-0.2, -0.15) is 4.31 Å². The molecule has 0 unspecified atom stereocenters. The van der Waals surface area contributed by atoms with Crippen LogP contribution in [0.3, 0.4) is 0 Å². The summed E-state index contributed by atoms with van der Waals surface area (Å²) < 4.78 is 37.3. The Balaban J connectivity index is 1.38. The lowest BCUT2D eigenvalue weighted by atomic mass is 9.97. The van der Waals surface area contributed by atoms with Crippen molar-refractivity contribution in [2.75, 3.05) is 33.9 Å². The first-order valence-electron chi connectivity index (χ1n) is 11.1. The number of carbonyl (C=O) groups is 2. The largest absolute Gasteiger partial charge is 0.497 e. The Morgan fingerprint density at radius 3 is 2.03 bits per heavy atom. The van der Waals surface area contributed by atoms with E-state index in [1.807, 2.05) is 24.3 Å². The molecule has 0 saturated carbocycles. The molecule has 0 aromatic heterocycles. The number of ether oxygens (including phenoxy) is 2. The minimum atomic E-state index is -3.61. The number of nitrogens with one attached hydrogen (secondary N) is 2. The summed E-state index contributed by atoms with van der Waals surface area (Å²) in [5.74, 6) is 0.761. The molecule has 10 heteroatoms. The SMILES string of the molecule is COc1ccc(CNC(=O)CCNC(=O)C2CCN(S(=O)(=O)c3ccc(OC)cc3)CC2)cc1. The second-order valence-electron chi connectivity index (χ2n) is 8.02. The summed E-state index contributed by atoms with van der Waals surface area (Å²) in [5, 5.41) is 5.62. The molecular formula is C24H31N3O6S. The molecule has 0 aliphatic carbocycles. The summed E-state index contributed by atoms with van der Waals surface area (Å²) in [7, 11) is -0.493. The average molecular weight is 490 g/mol. The van der Waals surface area contributed by atoms with Gasteiger partial charge >= 0.3 is 0 Å². The van der Waals surface area contributed by atoms with Crippen LogP contribution in [0.15, 0.2) is 53.4 Å². The predicted octanol–water partition coefficient (Wildman–Crippen LogP) is 1.93. The van der Waals surface area contributed by atoms with Crippen molar-refractivity contribution >= 4 is 21.8 Å². The second-order valence-corrected chi connectivity index (χ2v) is 9.96. The molecule has 0 radical (unpaired) electrons. The maximum absolute atomic E-state index is 12.8. The minimum Gasteiger partial charge on any atom is -0.497 e. The first kappa shape index (κ1) is 25.5. The van der Waals surface area contributed by atoms with Crippen molar-refractivity contribution in [3.63, 3.8) is 0 Å². The topological polar surface area (TPSA) is 114 Å². The zero-order valence-corrected chi connectivity index (χ0v) is 20.3. The van der Waals surface area contributed by atoms with Crippen LogP contribution in [0.25, 0.3) is 0 Å². The van der Waals surface area contributed by atoms with Gasteiger partial charge in [-0.05, 0) is 54.8 Å². The average Bonchev–Trinajstić information content (AvgIpc) is 2.87. The van der Waals surface area contributed by atoms with Crippen molar-refractivity contribution in [1.29, 1.82) is 0 Å². The molecule has 1 aliphatic heterocycles. The summed E-state index contributed by atoms with van der Waals surface area (Å²) in [6.07, 6.45) is 1.04. The fourth-order valence-electron chi connectivity index (χ4n) is 3.73. The zero-order chi connectivity index (χ0) is 24.6. The molecule has 34 heavy (non-hydrogen) atoms. The van der Waals surface area contributed by atoms with Crippen LogP contribution in [-0.2, 0) is 26.2 Å². The van der Waals surface area contributed by atoms with Crippen LogP contribution in [0.5, 0.6) is 11.5 Å². The van der Waals surface area contributed by atoms with Gasteiger partial charge in [0.05, 0.1) is 19.1 Å². The van der Waals surface area contributed by atoms with Crippen molar-refractivity contribution < 1.29 is 27.5 Å². The summed E-state index contributed by atoms with van der Waals surface area (Å²) in [4.78, 5) is 24.7. The van der Waals surface area contributed by atoms with Gasteiger partial charge < -0.3 is 20.1 Å². The molecule has 0 atom stereocenters. The van der Waals surface area contributed by atoms with Crippen LogP contribution in [-0.4, -0.2) is 58.4 Å². The monoisotopic (exact) mass is 489 g/mol. The van der Waals surface area contributed by atoms with E-state index in [1.165, 1.54) is 23.5 Å². The molecule has 1 aliphatic rings. The number of sulfonamides is 1. The van der Waals surface area contributed by atoms with Crippen molar-refractivity contribution in [3.05, 3.63) is 54.1 Å². The van der Waals surface area contributed by atoms with Crippen LogP contribution in [0.1, 0.15) is 24.8 Å². The Labute approximate surface area is 200 Å². The van der Waals surface area contributed by atoms with E-state index in [-0.39, 0.29) is 48.7 Å². The second kappa shape index (κ2) is 11.8. The third kappa shape index (κ3) is 6.71. The van der Waals surface area contributed by atoms with E-state index in [0.29, 0.717) is 25.1 Å². The van der Waals surface area contributed by atoms with Gasteiger partial charge in [-0.1, -0.05) is 12.1 Å². The number of hydrogen-bond donors (Lipinski definition) is 2. The minimum absolute atomic E-state index is 0.149. The highest BCUT2D eigenvalue weighted by Gasteiger charge is 2.32. The molecule has 184 valence electrons. The lowest BCUT2D eigenvalue weighted by Crippen LogP contribution is -2.43. The van der Waals surface area contributed by atoms with E-state index in [1.54, 1.807) is 19.2 Å². The molecule has 1 heterocycles. The van der Waals surface area contributed by atoms with E-state index >= 15 is 0 Å². The van der Waals surface area contributed by atoms with Gasteiger partial charge in [0.25, 0.3) is 0 Å². The Morgan fingerprint density at radius 1 is 0.912 bits per heavy atom. The van der Waals surface area contributed by atoms with Gasteiger partial charge in [0, 0.05) is 38.5 Å². The Kier molecular flexibility index (Phi) is 8.89. The van der Waals surface area contributed by atoms with Crippen molar-refractivity contribution in [2.24, 2.45) is 5.92 Å². The summed E-state index contributed by atoms with van der Waals surface area (Å²) in [6.45, 7) is 1.18. The summed E-state index contributed by atoms with van der Waals surface area (Å²) >= 11 is 0. The van der Waals surface area contributed by atoms with E-state index in [2.05, 4.69) is 10.6 Å². The van der Waals surface area contributed by atoms with Crippen LogP contribution >= 0.6 is 0 Å². The standard InChI is InChI=1S/C24H31N3O6S/c1-32-20-5-3-18(4-6-20)17-26-23(28)11-14-25-24(29)19-12-15-27(16-13-19)34(30,31)22-9-7-21(33-2)8-10-22/h3-10,19H,11-17H2,1-2H3,(H,25,29)(H,26,28). The highest BCUT2D eigenvalue weighted by molar-refractivity contribution is 7.89. The zero-order valence-electron chi connectivity index (χ0n) is 19.5. The smallest absolute Gasteiger partial charge is 0.243 e. The highest BCUT2D eigenvalue weighted by atomic mass is 32.2. The van der Waals surface area contributed by atoms with Crippen LogP contribution in [0.4, 0.5) is 0 Å². The first-order valence-corrected chi connectivity index (χ1v) is 12.6. The van der Waals surface area contributed by atoms with Crippen LogP contribution in [0, 0.1) is 5.92 Å². The number of nitrogens with zero attached hydrogens (tertiary/aromatic N) is 1. The molecule has 2 aromatic carbocycles. The molecule has 2 N–H and O–H groups in total. The van der Waals surface area contributed by atoms with Gasteiger partial charge in [-0.25, -0.2) is 8.42 Å². The first-order chi connectivity index (χ1) is 16.3. The van der Waals surface area contributed by atoms with E-state index in [4.69, 9.17) is 9.47 Å². The Morgan fingerprint density at radius 2 is 1.47 bits per heavy atom. The molecular weight excluding hydrogens is 458 g/mol. The van der Waals surface area contributed by atoms with Crippen molar-refractivity contribution in [3.8, 4) is 11.5 Å². The van der Waals surface area contributed by atoms with E-state index in [9.17, 15) is 18.0 Å². The number of rotatable bonds is 10. The normalized spacial score (nSPS) is 14.9. The number of methoxy groups -OCH3 is 2. The molecule has 0 spiro atoms. The molecule has 1 fully saturated rings. The fraction of sp³-hybridized carbons (Fsp3) is 0.417. The van der Waals surface area contributed by atoms with Gasteiger partial charge in [0.1, 0.15) is 11.5 Å². The predicted molar refractivity (Wildman–Crippen MR) is 127 cm³/mol. The third-order valence-electron chi connectivity index (χ3n) is 5.82.